The van der Waals surface area contributed by atoms with Crippen LogP contribution in [0.2, 0.25) is 0 Å². The van der Waals surface area contributed by atoms with Gasteiger partial charge in [0.2, 0.25) is 5.91 Å². The van der Waals surface area contributed by atoms with E-state index in [2.05, 4.69) is 20.9 Å². The van der Waals surface area contributed by atoms with E-state index in [1.165, 1.54) is 0 Å². The van der Waals surface area contributed by atoms with Gasteiger partial charge in [0.05, 0.1) is 6.54 Å². The summed E-state index contributed by atoms with van der Waals surface area (Å²) in [6, 6.07) is 7.94. The van der Waals surface area contributed by atoms with Crippen LogP contribution in [0.15, 0.2) is 29.3 Å². The number of aliphatic imine (C=N–C) groups is 1. The van der Waals surface area contributed by atoms with Gasteiger partial charge in [-0.1, -0.05) is 25.1 Å². The summed E-state index contributed by atoms with van der Waals surface area (Å²) in [5, 5.41) is 9.28. The number of guanidine groups is 1. The summed E-state index contributed by atoms with van der Waals surface area (Å²) >= 11 is 0. The van der Waals surface area contributed by atoms with Gasteiger partial charge < -0.3 is 20.7 Å². The molecular weight excluding hydrogens is 328 g/mol. The van der Waals surface area contributed by atoms with E-state index in [4.69, 9.17) is 4.74 Å². The molecule has 26 heavy (non-hydrogen) atoms. The maximum atomic E-state index is 11.7. The third kappa shape index (κ3) is 9.30. The van der Waals surface area contributed by atoms with Gasteiger partial charge in [-0.15, -0.1) is 0 Å². The highest BCUT2D eigenvalue weighted by Gasteiger charge is 2.14. The largest absolute Gasteiger partial charge is 0.488 e. The van der Waals surface area contributed by atoms with E-state index in [1.54, 1.807) is 0 Å². The van der Waals surface area contributed by atoms with Crippen LogP contribution in [0.25, 0.3) is 0 Å². The molecule has 6 nitrogen and oxygen atoms in total. The molecular formula is C20H34N4O2. The molecule has 0 saturated heterocycles. The van der Waals surface area contributed by atoms with E-state index < -0.39 is 0 Å². The van der Waals surface area contributed by atoms with Crippen molar-refractivity contribution in [2.75, 3.05) is 19.6 Å². The molecule has 0 saturated carbocycles. The summed E-state index contributed by atoms with van der Waals surface area (Å²) in [5.74, 6) is 1.60. The molecule has 6 heteroatoms. The van der Waals surface area contributed by atoms with Crippen molar-refractivity contribution in [3.63, 3.8) is 0 Å². The van der Waals surface area contributed by atoms with Crippen LogP contribution in [0, 0.1) is 0 Å². The maximum absolute atomic E-state index is 11.7. The molecule has 0 aliphatic rings. The first-order valence-corrected chi connectivity index (χ1v) is 9.41. The number of benzene rings is 1. The number of para-hydroxylation sites is 1. The van der Waals surface area contributed by atoms with Crippen molar-refractivity contribution >= 4 is 11.9 Å². The third-order valence-electron chi connectivity index (χ3n) is 3.36. The van der Waals surface area contributed by atoms with Crippen LogP contribution in [-0.2, 0) is 11.3 Å². The number of rotatable bonds is 9. The summed E-state index contributed by atoms with van der Waals surface area (Å²) in [5.41, 5.74) is 0.773. The first-order valence-electron chi connectivity index (χ1n) is 9.41. The van der Waals surface area contributed by atoms with E-state index in [0.29, 0.717) is 25.5 Å². The highest BCUT2D eigenvalue weighted by molar-refractivity contribution is 5.81. The molecule has 0 fully saturated rings. The molecule has 0 unspecified atom stereocenters. The number of nitrogens with one attached hydrogen (secondary N) is 3. The highest BCUT2D eigenvalue weighted by Crippen LogP contribution is 2.23. The number of amides is 1. The van der Waals surface area contributed by atoms with Crippen molar-refractivity contribution in [1.82, 2.24) is 16.0 Å². The molecule has 1 aromatic carbocycles. The Bertz CT molecular complexity index is 579. The van der Waals surface area contributed by atoms with E-state index in [1.807, 2.05) is 58.9 Å². The van der Waals surface area contributed by atoms with E-state index >= 15 is 0 Å². The fourth-order valence-corrected chi connectivity index (χ4v) is 2.22. The Morgan fingerprint density at radius 2 is 1.81 bits per heavy atom. The monoisotopic (exact) mass is 362 g/mol. The molecule has 0 aromatic heterocycles. The Kier molecular flexibility index (Phi) is 9.55. The molecule has 0 aliphatic heterocycles. The predicted molar refractivity (Wildman–Crippen MR) is 108 cm³/mol. The predicted octanol–water partition coefficient (Wildman–Crippen LogP) is 2.84. The van der Waals surface area contributed by atoms with E-state index in [9.17, 15) is 4.79 Å². The van der Waals surface area contributed by atoms with Gasteiger partial charge in [0.25, 0.3) is 0 Å². The lowest BCUT2D eigenvalue weighted by molar-refractivity contribution is -0.120. The average molecular weight is 363 g/mol. The van der Waals surface area contributed by atoms with Gasteiger partial charge in [-0.3, -0.25) is 4.79 Å². The zero-order chi connectivity index (χ0) is 19.4. The number of carbonyl (C=O) groups excluding carboxylic acids is 1. The molecule has 1 amide bonds. The second-order valence-electron chi connectivity index (χ2n) is 7.04. The Hall–Kier alpha value is -2.24. The van der Waals surface area contributed by atoms with Crippen LogP contribution in [0.3, 0.4) is 0 Å². The second-order valence-corrected chi connectivity index (χ2v) is 7.04. The Morgan fingerprint density at radius 3 is 2.46 bits per heavy atom. The molecule has 0 radical (unpaired) electrons. The quantitative estimate of drug-likeness (QED) is 0.466. The Labute approximate surface area is 157 Å². The van der Waals surface area contributed by atoms with Crippen LogP contribution >= 0.6 is 0 Å². The zero-order valence-electron chi connectivity index (χ0n) is 16.8. The molecule has 1 aromatic rings. The van der Waals surface area contributed by atoms with Crippen molar-refractivity contribution in [3.8, 4) is 5.75 Å². The minimum atomic E-state index is -0.256. The zero-order valence-corrected chi connectivity index (χ0v) is 16.8. The summed E-state index contributed by atoms with van der Waals surface area (Å²) in [6.45, 7) is 12.7. The van der Waals surface area contributed by atoms with Gasteiger partial charge >= 0.3 is 0 Å². The van der Waals surface area contributed by atoms with Gasteiger partial charge in [-0.25, -0.2) is 4.99 Å². The number of nitrogens with zero attached hydrogens (tertiary/aromatic N) is 1. The Balaban J connectivity index is 2.65. The number of hydrogen-bond donors (Lipinski definition) is 3. The molecule has 0 bridgehead atoms. The SMILES string of the molecule is CCCNC(=O)CCNC(=NCc1ccccc1OC(C)(C)C)NCC. The van der Waals surface area contributed by atoms with E-state index in [-0.39, 0.29) is 11.5 Å². The third-order valence-corrected chi connectivity index (χ3v) is 3.36. The van der Waals surface area contributed by atoms with Crippen molar-refractivity contribution in [3.05, 3.63) is 29.8 Å². The van der Waals surface area contributed by atoms with Crippen LogP contribution in [0.5, 0.6) is 5.75 Å². The smallest absolute Gasteiger partial charge is 0.221 e. The van der Waals surface area contributed by atoms with E-state index in [0.717, 1.165) is 30.8 Å². The van der Waals surface area contributed by atoms with Crippen LogP contribution < -0.4 is 20.7 Å². The lowest BCUT2D eigenvalue weighted by Crippen LogP contribution is -2.39. The Morgan fingerprint density at radius 1 is 1.08 bits per heavy atom. The highest BCUT2D eigenvalue weighted by atomic mass is 16.5. The van der Waals surface area contributed by atoms with Gasteiger partial charge in [0, 0.05) is 31.6 Å². The first kappa shape index (κ1) is 21.8. The van der Waals surface area contributed by atoms with Crippen LogP contribution in [0.4, 0.5) is 0 Å². The molecule has 0 aliphatic carbocycles. The fraction of sp³-hybridized carbons (Fsp3) is 0.600. The first-order chi connectivity index (χ1) is 12.4. The van der Waals surface area contributed by atoms with Crippen molar-refractivity contribution in [1.29, 1.82) is 0 Å². The number of ether oxygens (including phenoxy) is 1. The topological polar surface area (TPSA) is 74.8 Å². The van der Waals surface area contributed by atoms with Crippen molar-refractivity contribution in [2.24, 2.45) is 4.99 Å². The van der Waals surface area contributed by atoms with Gasteiger partial charge in [-0.2, -0.15) is 0 Å². The van der Waals surface area contributed by atoms with Crippen molar-refractivity contribution in [2.45, 2.75) is 59.6 Å². The minimum Gasteiger partial charge on any atom is -0.488 e. The summed E-state index contributed by atoms with van der Waals surface area (Å²) < 4.78 is 6.01. The molecule has 3 N–H and O–H groups in total. The molecule has 0 heterocycles. The summed E-state index contributed by atoms with van der Waals surface area (Å²) in [7, 11) is 0. The van der Waals surface area contributed by atoms with Gasteiger partial charge in [-0.05, 0) is 40.2 Å². The maximum Gasteiger partial charge on any atom is 0.221 e. The molecule has 1 rings (SSSR count). The van der Waals surface area contributed by atoms with Crippen molar-refractivity contribution < 1.29 is 9.53 Å². The standard InChI is InChI=1S/C20H34N4O2/c1-6-13-22-18(25)12-14-23-19(21-7-2)24-15-16-10-8-9-11-17(16)26-20(3,4)5/h8-11H,6-7,12-15H2,1-5H3,(H,22,25)(H2,21,23,24). The van der Waals surface area contributed by atoms with Crippen LogP contribution in [0.1, 0.15) is 53.0 Å². The molecule has 0 spiro atoms. The van der Waals surface area contributed by atoms with Gasteiger partial charge in [0.15, 0.2) is 5.96 Å². The molecule has 0 atom stereocenters. The lowest BCUT2D eigenvalue weighted by atomic mass is 10.1. The van der Waals surface area contributed by atoms with Gasteiger partial charge in [0.1, 0.15) is 11.4 Å². The molecule has 146 valence electrons. The number of carbonyl (C=O) groups is 1. The summed E-state index contributed by atoms with van der Waals surface area (Å²) in [4.78, 5) is 16.3. The second kappa shape index (κ2) is 11.4. The summed E-state index contributed by atoms with van der Waals surface area (Å²) in [6.07, 6.45) is 1.37. The fourth-order valence-electron chi connectivity index (χ4n) is 2.22. The normalized spacial score (nSPS) is 11.8. The number of hydrogen-bond acceptors (Lipinski definition) is 3. The average Bonchev–Trinajstić information content (AvgIpc) is 2.57. The van der Waals surface area contributed by atoms with Crippen LogP contribution in [-0.4, -0.2) is 37.1 Å². The lowest BCUT2D eigenvalue weighted by Gasteiger charge is -2.23. The minimum absolute atomic E-state index is 0.0547.